The average molecular weight is 379 g/mol. The van der Waals surface area contributed by atoms with Crippen LogP contribution in [0.5, 0.6) is 5.75 Å². The molecule has 0 spiro atoms. The molecule has 0 heterocycles. The highest BCUT2D eigenvalue weighted by molar-refractivity contribution is 6.00. The summed E-state index contributed by atoms with van der Waals surface area (Å²) in [6.45, 7) is 4.65. The number of nitrogens with one attached hydrogen (secondary N) is 1. The molecule has 1 aliphatic carbocycles. The molecule has 4 nitrogen and oxygen atoms in total. The number of hydrogen-bond acceptors (Lipinski definition) is 3. The Hall–Kier alpha value is -2.62. The first-order valence-corrected chi connectivity index (χ1v) is 10.3. The molecule has 0 aromatic heterocycles. The molecule has 148 valence electrons. The fraction of sp³-hybridized carbons (Fsp3) is 0.417. The van der Waals surface area contributed by atoms with E-state index in [2.05, 4.69) is 41.7 Å². The van der Waals surface area contributed by atoms with Gasteiger partial charge in [-0.3, -0.25) is 4.79 Å². The van der Waals surface area contributed by atoms with Crippen LogP contribution >= 0.6 is 0 Å². The first-order valence-electron chi connectivity index (χ1n) is 10.3. The van der Waals surface area contributed by atoms with Crippen LogP contribution < -0.4 is 10.2 Å². The van der Waals surface area contributed by atoms with Crippen LogP contribution in [0, 0.1) is 0 Å². The zero-order valence-electron chi connectivity index (χ0n) is 16.9. The summed E-state index contributed by atoms with van der Waals surface area (Å²) in [5.74, 6) is 1.25. The van der Waals surface area contributed by atoms with Gasteiger partial charge in [-0.1, -0.05) is 50.5 Å². The molecule has 1 saturated carbocycles. The standard InChI is InChI=1S/C24H30N2O2/c1-3-17-28-23-15-13-22(14-16-23)24(27)26-25-18(2)19-9-11-21(12-10-19)20-7-5-4-6-8-20/h9-16,20H,3-8,17H2,1-2H3,(H,26,27)/b25-18-. The van der Waals surface area contributed by atoms with Crippen molar-refractivity contribution in [3.05, 3.63) is 65.2 Å². The average Bonchev–Trinajstić information content (AvgIpc) is 2.77. The maximum Gasteiger partial charge on any atom is 0.271 e. The third-order valence-electron chi connectivity index (χ3n) is 5.32. The van der Waals surface area contributed by atoms with Gasteiger partial charge in [0, 0.05) is 5.56 Å². The third-order valence-corrected chi connectivity index (χ3v) is 5.32. The lowest BCUT2D eigenvalue weighted by Gasteiger charge is -2.22. The van der Waals surface area contributed by atoms with Crippen LogP contribution in [-0.2, 0) is 0 Å². The molecule has 3 rings (SSSR count). The number of carbonyl (C=O) groups excluding carboxylic acids is 1. The molecular formula is C24H30N2O2. The van der Waals surface area contributed by atoms with Crippen LogP contribution in [0.4, 0.5) is 0 Å². The van der Waals surface area contributed by atoms with Gasteiger partial charge in [0.25, 0.3) is 5.91 Å². The summed E-state index contributed by atoms with van der Waals surface area (Å²) in [6.07, 6.45) is 7.59. The van der Waals surface area contributed by atoms with Crippen LogP contribution in [0.1, 0.15) is 79.8 Å². The van der Waals surface area contributed by atoms with Gasteiger partial charge in [-0.05, 0) is 67.5 Å². The quantitative estimate of drug-likeness (QED) is 0.498. The maximum absolute atomic E-state index is 12.3. The van der Waals surface area contributed by atoms with Gasteiger partial charge in [-0.2, -0.15) is 5.10 Å². The van der Waals surface area contributed by atoms with Gasteiger partial charge in [-0.15, -0.1) is 0 Å². The van der Waals surface area contributed by atoms with Crippen molar-refractivity contribution in [1.82, 2.24) is 5.43 Å². The van der Waals surface area contributed by atoms with Crippen LogP contribution in [0.25, 0.3) is 0 Å². The molecule has 0 unspecified atom stereocenters. The fourth-order valence-corrected chi connectivity index (χ4v) is 3.62. The highest BCUT2D eigenvalue weighted by Gasteiger charge is 2.15. The molecule has 0 radical (unpaired) electrons. The summed E-state index contributed by atoms with van der Waals surface area (Å²) in [4.78, 5) is 12.3. The molecule has 1 aliphatic rings. The highest BCUT2D eigenvalue weighted by Crippen LogP contribution is 2.32. The number of amides is 1. The second-order valence-electron chi connectivity index (χ2n) is 7.47. The summed E-state index contributed by atoms with van der Waals surface area (Å²) >= 11 is 0. The number of nitrogens with zero attached hydrogens (tertiary/aromatic N) is 1. The first-order chi connectivity index (χ1) is 13.7. The maximum atomic E-state index is 12.3. The van der Waals surface area contributed by atoms with Crippen molar-refractivity contribution in [2.24, 2.45) is 5.10 Å². The Morgan fingerprint density at radius 2 is 1.64 bits per heavy atom. The molecule has 2 aromatic carbocycles. The molecule has 0 bridgehead atoms. The monoisotopic (exact) mass is 378 g/mol. The zero-order valence-corrected chi connectivity index (χ0v) is 16.9. The van der Waals surface area contributed by atoms with Crippen molar-refractivity contribution in [2.75, 3.05) is 6.61 Å². The summed E-state index contributed by atoms with van der Waals surface area (Å²) in [5.41, 5.74) is 6.46. The molecule has 0 atom stereocenters. The molecule has 2 aromatic rings. The SMILES string of the molecule is CCCOc1ccc(C(=O)N/N=C(/C)c2ccc(C3CCCCC3)cc2)cc1. The molecule has 1 fully saturated rings. The molecule has 0 aliphatic heterocycles. The topological polar surface area (TPSA) is 50.7 Å². The van der Waals surface area contributed by atoms with E-state index in [1.165, 1.54) is 37.7 Å². The summed E-state index contributed by atoms with van der Waals surface area (Å²) in [7, 11) is 0. The Morgan fingerprint density at radius 3 is 2.29 bits per heavy atom. The van der Waals surface area contributed by atoms with Gasteiger partial charge in [-0.25, -0.2) is 5.43 Å². The smallest absolute Gasteiger partial charge is 0.271 e. The second kappa shape index (κ2) is 10.1. The van der Waals surface area contributed by atoms with Gasteiger partial charge < -0.3 is 4.74 Å². The Morgan fingerprint density at radius 1 is 1.00 bits per heavy atom. The minimum absolute atomic E-state index is 0.222. The first kappa shape index (κ1) is 20.1. The molecule has 28 heavy (non-hydrogen) atoms. The summed E-state index contributed by atoms with van der Waals surface area (Å²) in [6, 6.07) is 15.8. The van der Waals surface area contributed by atoms with Gasteiger partial charge in [0.1, 0.15) is 5.75 Å². The van der Waals surface area contributed by atoms with Gasteiger partial charge in [0.05, 0.1) is 12.3 Å². The number of hydrogen-bond donors (Lipinski definition) is 1. The van der Waals surface area contributed by atoms with Crippen molar-refractivity contribution in [3.8, 4) is 5.75 Å². The van der Waals surface area contributed by atoms with E-state index in [1.807, 2.05) is 19.1 Å². The van der Waals surface area contributed by atoms with Crippen molar-refractivity contribution in [1.29, 1.82) is 0 Å². The molecule has 4 heteroatoms. The number of carbonyl (C=O) groups is 1. The molecule has 0 saturated heterocycles. The van der Waals surface area contributed by atoms with Crippen molar-refractivity contribution in [2.45, 2.75) is 58.3 Å². The zero-order chi connectivity index (χ0) is 19.8. The third kappa shape index (κ3) is 5.44. The lowest BCUT2D eigenvalue weighted by atomic mass is 9.84. The van der Waals surface area contributed by atoms with E-state index < -0.39 is 0 Å². The lowest BCUT2D eigenvalue weighted by molar-refractivity contribution is 0.0955. The molecule has 1 amide bonds. The predicted molar refractivity (Wildman–Crippen MR) is 114 cm³/mol. The largest absolute Gasteiger partial charge is 0.494 e. The fourth-order valence-electron chi connectivity index (χ4n) is 3.62. The van der Waals surface area contributed by atoms with E-state index in [1.54, 1.807) is 12.1 Å². The lowest BCUT2D eigenvalue weighted by Crippen LogP contribution is -2.19. The number of rotatable bonds is 7. The van der Waals surface area contributed by atoms with E-state index in [4.69, 9.17) is 4.74 Å². The number of hydrazone groups is 1. The van der Waals surface area contributed by atoms with Crippen LogP contribution in [0.3, 0.4) is 0 Å². The number of benzene rings is 2. The van der Waals surface area contributed by atoms with Crippen LogP contribution in [0.15, 0.2) is 53.6 Å². The van der Waals surface area contributed by atoms with E-state index in [-0.39, 0.29) is 5.91 Å². The van der Waals surface area contributed by atoms with Crippen molar-refractivity contribution >= 4 is 11.6 Å². The summed E-state index contributed by atoms with van der Waals surface area (Å²) < 4.78 is 5.54. The highest BCUT2D eigenvalue weighted by atomic mass is 16.5. The molecule has 1 N–H and O–H groups in total. The summed E-state index contributed by atoms with van der Waals surface area (Å²) in [5, 5.41) is 4.27. The van der Waals surface area contributed by atoms with Gasteiger partial charge in [0.15, 0.2) is 0 Å². The van der Waals surface area contributed by atoms with E-state index in [0.717, 1.165) is 23.4 Å². The second-order valence-corrected chi connectivity index (χ2v) is 7.47. The van der Waals surface area contributed by atoms with E-state index in [9.17, 15) is 4.79 Å². The minimum Gasteiger partial charge on any atom is -0.494 e. The van der Waals surface area contributed by atoms with Gasteiger partial charge >= 0.3 is 0 Å². The van der Waals surface area contributed by atoms with Gasteiger partial charge in [0.2, 0.25) is 0 Å². The Labute approximate surface area is 168 Å². The Bertz CT molecular complexity index is 788. The van der Waals surface area contributed by atoms with Crippen molar-refractivity contribution in [3.63, 3.8) is 0 Å². The normalized spacial score (nSPS) is 15.3. The van der Waals surface area contributed by atoms with E-state index >= 15 is 0 Å². The van der Waals surface area contributed by atoms with Crippen LogP contribution in [0.2, 0.25) is 0 Å². The Kier molecular flexibility index (Phi) is 7.24. The van der Waals surface area contributed by atoms with Crippen molar-refractivity contribution < 1.29 is 9.53 Å². The number of ether oxygens (including phenoxy) is 1. The van der Waals surface area contributed by atoms with Crippen LogP contribution in [-0.4, -0.2) is 18.2 Å². The predicted octanol–water partition coefficient (Wildman–Crippen LogP) is 5.68. The van der Waals surface area contributed by atoms with E-state index in [0.29, 0.717) is 18.1 Å². The Balaban J connectivity index is 1.57. The minimum atomic E-state index is -0.222. The molecular weight excluding hydrogens is 348 g/mol.